The Morgan fingerprint density at radius 3 is 2.82 bits per heavy atom. The van der Waals surface area contributed by atoms with Crippen LogP contribution in [0.3, 0.4) is 0 Å². The Morgan fingerprint density at radius 2 is 2.29 bits per heavy atom. The molecule has 2 rings (SSSR count). The molecule has 2 heterocycles. The van der Waals surface area contributed by atoms with Crippen LogP contribution in [-0.4, -0.2) is 10.8 Å². The van der Waals surface area contributed by atoms with Gasteiger partial charge in [-0.15, -0.1) is 0 Å². The molecule has 0 aromatic carbocycles. The molecule has 0 aliphatic rings. The monoisotopic (exact) mass is 226 g/mol. The third kappa shape index (κ3) is 2.08. The standard InChI is InChI=1S/C13H10N2O2/c1-9-10(5-7-17-9)13(16)11(8-14)12-4-2-3-6-15-12/h2-7,11H,1H3. The van der Waals surface area contributed by atoms with Gasteiger partial charge in [0.25, 0.3) is 0 Å². The molecule has 0 fully saturated rings. The zero-order valence-electron chi connectivity index (χ0n) is 9.25. The topological polar surface area (TPSA) is 66.9 Å². The van der Waals surface area contributed by atoms with E-state index < -0.39 is 5.92 Å². The van der Waals surface area contributed by atoms with Gasteiger partial charge in [-0.1, -0.05) is 6.07 Å². The number of Topliss-reactive ketones (excluding diaryl/α,β-unsaturated/α-hetero) is 1. The quantitative estimate of drug-likeness (QED) is 0.754. The lowest BCUT2D eigenvalue weighted by Gasteiger charge is -2.06. The lowest BCUT2D eigenvalue weighted by molar-refractivity contribution is 0.0976. The van der Waals surface area contributed by atoms with Crippen LogP contribution in [0.25, 0.3) is 0 Å². The average Bonchev–Trinajstić information content (AvgIpc) is 2.77. The number of hydrogen-bond donors (Lipinski definition) is 0. The Hall–Kier alpha value is -2.41. The molecule has 0 saturated carbocycles. The van der Waals surface area contributed by atoms with E-state index in [0.717, 1.165) is 0 Å². The lowest BCUT2D eigenvalue weighted by atomic mass is 9.96. The molecule has 0 amide bonds. The van der Waals surface area contributed by atoms with Gasteiger partial charge in [0.15, 0.2) is 11.7 Å². The van der Waals surface area contributed by atoms with Gasteiger partial charge in [-0.2, -0.15) is 5.26 Å². The molecule has 0 radical (unpaired) electrons. The van der Waals surface area contributed by atoms with Crippen molar-refractivity contribution in [1.29, 1.82) is 5.26 Å². The van der Waals surface area contributed by atoms with Crippen LogP contribution in [0.4, 0.5) is 0 Å². The molecule has 2 aromatic heterocycles. The molecule has 2 aromatic rings. The van der Waals surface area contributed by atoms with E-state index in [0.29, 0.717) is 17.0 Å². The zero-order valence-corrected chi connectivity index (χ0v) is 9.25. The molecular formula is C13H10N2O2. The molecule has 4 nitrogen and oxygen atoms in total. The van der Waals surface area contributed by atoms with Crippen LogP contribution in [0.2, 0.25) is 0 Å². The molecule has 0 bridgehead atoms. The van der Waals surface area contributed by atoms with Crippen molar-refractivity contribution in [2.24, 2.45) is 0 Å². The second-order valence-corrected chi connectivity index (χ2v) is 3.57. The van der Waals surface area contributed by atoms with Crippen LogP contribution in [-0.2, 0) is 0 Å². The molecule has 0 saturated heterocycles. The van der Waals surface area contributed by atoms with Gasteiger partial charge in [-0.3, -0.25) is 9.78 Å². The summed E-state index contributed by atoms with van der Waals surface area (Å²) in [6.45, 7) is 1.69. The summed E-state index contributed by atoms with van der Waals surface area (Å²) in [4.78, 5) is 16.2. The van der Waals surface area contributed by atoms with Gasteiger partial charge in [-0.25, -0.2) is 0 Å². The highest BCUT2D eigenvalue weighted by atomic mass is 16.3. The first-order valence-electron chi connectivity index (χ1n) is 5.13. The highest BCUT2D eigenvalue weighted by Gasteiger charge is 2.25. The summed E-state index contributed by atoms with van der Waals surface area (Å²) in [6, 6.07) is 8.72. The van der Waals surface area contributed by atoms with Crippen molar-refractivity contribution in [2.45, 2.75) is 12.8 Å². The summed E-state index contributed by atoms with van der Waals surface area (Å²) in [5.41, 5.74) is 0.891. The number of ketones is 1. The van der Waals surface area contributed by atoms with Crippen LogP contribution < -0.4 is 0 Å². The molecule has 0 N–H and O–H groups in total. The number of carbonyl (C=O) groups is 1. The average molecular weight is 226 g/mol. The minimum Gasteiger partial charge on any atom is -0.469 e. The summed E-state index contributed by atoms with van der Waals surface area (Å²) in [5.74, 6) is -0.642. The number of nitriles is 1. The number of nitrogens with zero attached hydrogens (tertiary/aromatic N) is 2. The third-order valence-electron chi connectivity index (χ3n) is 2.50. The molecular weight excluding hydrogens is 216 g/mol. The second kappa shape index (κ2) is 4.62. The normalized spacial score (nSPS) is 11.8. The molecule has 1 unspecified atom stereocenters. The number of aromatic nitrogens is 1. The third-order valence-corrected chi connectivity index (χ3v) is 2.50. The number of aryl methyl sites for hydroxylation is 1. The molecule has 0 aliphatic heterocycles. The minimum absolute atomic E-state index is 0.280. The van der Waals surface area contributed by atoms with Crippen molar-refractivity contribution >= 4 is 5.78 Å². The Balaban J connectivity index is 2.36. The fourth-order valence-corrected chi connectivity index (χ4v) is 1.60. The van der Waals surface area contributed by atoms with Crippen LogP contribution in [0.1, 0.15) is 27.7 Å². The molecule has 0 aliphatic carbocycles. The van der Waals surface area contributed by atoms with Gasteiger partial charge in [0.2, 0.25) is 0 Å². The van der Waals surface area contributed by atoms with Gasteiger partial charge >= 0.3 is 0 Å². The molecule has 0 spiro atoms. The van der Waals surface area contributed by atoms with Crippen LogP contribution in [0.15, 0.2) is 41.1 Å². The van der Waals surface area contributed by atoms with Crippen molar-refractivity contribution in [3.8, 4) is 6.07 Å². The number of carbonyl (C=O) groups excluding carboxylic acids is 1. The van der Waals surface area contributed by atoms with E-state index in [1.807, 2.05) is 6.07 Å². The number of rotatable bonds is 3. The maximum atomic E-state index is 12.1. The SMILES string of the molecule is Cc1occc1C(=O)C(C#N)c1ccccn1. The Bertz CT molecular complexity index is 567. The first-order valence-corrected chi connectivity index (χ1v) is 5.13. The Kier molecular flexibility index (Phi) is 3.01. The van der Waals surface area contributed by atoms with Gasteiger partial charge in [-0.05, 0) is 25.1 Å². The molecule has 17 heavy (non-hydrogen) atoms. The largest absolute Gasteiger partial charge is 0.469 e. The zero-order chi connectivity index (χ0) is 12.3. The van der Waals surface area contributed by atoms with Gasteiger partial charge < -0.3 is 4.42 Å². The predicted octanol–water partition coefficient (Wildman–Crippen LogP) is 2.47. The van der Waals surface area contributed by atoms with E-state index in [2.05, 4.69) is 4.98 Å². The van der Waals surface area contributed by atoms with Gasteiger partial charge in [0.05, 0.1) is 23.6 Å². The molecule has 1 atom stereocenters. The van der Waals surface area contributed by atoms with Crippen molar-refractivity contribution in [3.63, 3.8) is 0 Å². The lowest BCUT2D eigenvalue weighted by Crippen LogP contribution is -2.12. The maximum Gasteiger partial charge on any atom is 0.189 e. The summed E-state index contributed by atoms with van der Waals surface area (Å²) >= 11 is 0. The van der Waals surface area contributed by atoms with Crippen LogP contribution in [0, 0.1) is 18.3 Å². The molecule has 84 valence electrons. The minimum atomic E-state index is -0.882. The Morgan fingerprint density at radius 1 is 1.47 bits per heavy atom. The van der Waals surface area contributed by atoms with Crippen LogP contribution >= 0.6 is 0 Å². The number of furan rings is 1. The van der Waals surface area contributed by atoms with Crippen molar-refractivity contribution in [1.82, 2.24) is 4.98 Å². The van der Waals surface area contributed by atoms with E-state index in [4.69, 9.17) is 9.68 Å². The van der Waals surface area contributed by atoms with Crippen molar-refractivity contribution in [2.75, 3.05) is 0 Å². The van der Waals surface area contributed by atoms with E-state index in [1.54, 1.807) is 37.4 Å². The first-order chi connectivity index (χ1) is 8.24. The number of pyridine rings is 1. The fourth-order valence-electron chi connectivity index (χ4n) is 1.60. The van der Waals surface area contributed by atoms with E-state index in [1.165, 1.54) is 6.26 Å². The summed E-state index contributed by atoms with van der Waals surface area (Å²) in [7, 11) is 0. The smallest absolute Gasteiger partial charge is 0.189 e. The van der Waals surface area contributed by atoms with E-state index >= 15 is 0 Å². The number of hydrogen-bond acceptors (Lipinski definition) is 4. The molecule has 4 heteroatoms. The second-order valence-electron chi connectivity index (χ2n) is 3.57. The van der Waals surface area contributed by atoms with Gasteiger partial charge in [0.1, 0.15) is 5.76 Å². The Labute approximate surface area is 98.5 Å². The van der Waals surface area contributed by atoms with E-state index in [9.17, 15) is 4.79 Å². The summed E-state index contributed by atoms with van der Waals surface area (Å²) in [5, 5.41) is 9.10. The maximum absolute atomic E-state index is 12.1. The highest BCUT2D eigenvalue weighted by Crippen LogP contribution is 2.21. The van der Waals surface area contributed by atoms with Crippen molar-refractivity contribution in [3.05, 3.63) is 53.7 Å². The summed E-state index contributed by atoms with van der Waals surface area (Å²) < 4.78 is 5.07. The fraction of sp³-hybridized carbons (Fsp3) is 0.154. The van der Waals surface area contributed by atoms with Crippen LogP contribution in [0.5, 0.6) is 0 Å². The van der Waals surface area contributed by atoms with Crippen molar-refractivity contribution < 1.29 is 9.21 Å². The van der Waals surface area contributed by atoms with E-state index in [-0.39, 0.29) is 5.78 Å². The highest BCUT2D eigenvalue weighted by molar-refractivity contribution is 6.03. The first kappa shape index (κ1) is 11.1. The summed E-state index contributed by atoms with van der Waals surface area (Å²) in [6.07, 6.45) is 3.00. The van der Waals surface area contributed by atoms with Gasteiger partial charge in [0, 0.05) is 6.20 Å². The predicted molar refractivity (Wildman–Crippen MR) is 60.4 cm³/mol.